The van der Waals surface area contributed by atoms with Gasteiger partial charge in [0.2, 0.25) is 5.91 Å². The molecule has 0 aromatic rings. The Balaban J connectivity index is 4.44. The van der Waals surface area contributed by atoms with E-state index in [0.29, 0.717) is 24.3 Å². The molecule has 8 nitrogen and oxygen atoms in total. The summed E-state index contributed by atoms with van der Waals surface area (Å²) < 4.78 is 11.2. The summed E-state index contributed by atoms with van der Waals surface area (Å²) in [6.07, 6.45) is 21.3. The molecular weight excluding hydrogens is 552 g/mol. The Labute approximate surface area is 261 Å². The topological polar surface area (TPSA) is 128 Å². The quantitative estimate of drug-likeness (QED) is 0.0591. The van der Waals surface area contributed by atoms with Crippen molar-refractivity contribution < 1.29 is 29.0 Å². The first kappa shape index (κ1) is 40.7. The zero-order chi connectivity index (χ0) is 31.3. The molecule has 0 aromatic carbocycles. The molecule has 9 heteroatoms. The van der Waals surface area contributed by atoms with E-state index >= 15 is 0 Å². The van der Waals surface area contributed by atoms with Crippen LogP contribution >= 0.6 is 11.8 Å². The van der Waals surface area contributed by atoms with Crippen molar-refractivity contribution in [2.45, 2.75) is 167 Å². The molecule has 0 rings (SSSR count). The van der Waals surface area contributed by atoms with E-state index in [-0.39, 0.29) is 37.1 Å². The van der Waals surface area contributed by atoms with Gasteiger partial charge in [-0.1, -0.05) is 117 Å². The molecule has 0 spiro atoms. The van der Waals surface area contributed by atoms with Crippen LogP contribution in [0.2, 0.25) is 0 Å². The van der Waals surface area contributed by atoms with Crippen LogP contribution in [-0.4, -0.2) is 65.9 Å². The third-order valence-corrected chi connectivity index (χ3v) is 8.50. The van der Waals surface area contributed by atoms with Gasteiger partial charge >= 0.3 is 11.9 Å². The fraction of sp³-hybridized carbons (Fsp3) is 0.909. The first-order valence-electron chi connectivity index (χ1n) is 16.9. The van der Waals surface area contributed by atoms with Gasteiger partial charge in [-0.2, -0.15) is 11.8 Å². The minimum Gasteiger partial charge on any atom is -0.462 e. The van der Waals surface area contributed by atoms with E-state index in [1.54, 1.807) is 6.92 Å². The second-order valence-electron chi connectivity index (χ2n) is 11.7. The number of thioether (sulfide) groups is 1. The molecule has 0 heterocycles. The van der Waals surface area contributed by atoms with Crippen molar-refractivity contribution in [3.8, 4) is 0 Å². The summed E-state index contributed by atoms with van der Waals surface area (Å²) >= 11 is 1.39. The van der Waals surface area contributed by atoms with Crippen molar-refractivity contribution in [1.82, 2.24) is 5.32 Å². The van der Waals surface area contributed by atoms with Crippen LogP contribution < -0.4 is 11.1 Å². The molecule has 3 atom stereocenters. The van der Waals surface area contributed by atoms with Crippen LogP contribution in [0.15, 0.2) is 0 Å². The summed E-state index contributed by atoms with van der Waals surface area (Å²) in [5.41, 5.74) is 5.98. The van der Waals surface area contributed by atoms with E-state index < -0.39 is 12.1 Å². The molecule has 4 N–H and O–H groups in total. The monoisotopic (exact) mass is 616 g/mol. The summed E-state index contributed by atoms with van der Waals surface area (Å²) in [5, 5.41) is 11.8. The fourth-order valence-electron chi connectivity index (χ4n) is 4.58. The number of aliphatic hydroxyl groups is 1. The van der Waals surface area contributed by atoms with Crippen LogP contribution in [0.1, 0.15) is 149 Å². The van der Waals surface area contributed by atoms with Gasteiger partial charge in [0.05, 0.1) is 12.6 Å². The highest BCUT2D eigenvalue weighted by Crippen LogP contribution is 2.14. The summed E-state index contributed by atoms with van der Waals surface area (Å²) in [4.78, 5) is 37.0. The number of ether oxygens (including phenoxy) is 2. The van der Waals surface area contributed by atoms with Gasteiger partial charge in [-0.25, -0.2) is 0 Å². The molecule has 1 amide bonds. The van der Waals surface area contributed by atoms with E-state index in [4.69, 9.17) is 20.3 Å². The van der Waals surface area contributed by atoms with Crippen molar-refractivity contribution >= 4 is 29.6 Å². The van der Waals surface area contributed by atoms with Crippen molar-refractivity contribution in [3.05, 3.63) is 0 Å². The Morgan fingerprint density at radius 1 is 0.714 bits per heavy atom. The summed E-state index contributed by atoms with van der Waals surface area (Å²) in [6.45, 7) is 5.99. The average molecular weight is 617 g/mol. The van der Waals surface area contributed by atoms with E-state index in [0.717, 1.165) is 38.5 Å². The van der Waals surface area contributed by atoms with Gasteiger partial charge in [-0.15, -0.1) is 0 Å². The second-order valence-corrected chi connectivity index (χ2v) is 12.8. The van der Waals surface area contributed by atoms with E-state index in [1.807, 2.05) is 0 Å². The zero-order valence-electron chi connectivity index (χ0n) is 27.2. The number of carbonyl (C=O) groups excluding carboxylic acids is 3. The van der Waals surface area contributed by atoms with Crippen molar-refractivity contribution in [2.24, 2.45) is 5.73 Å². The molecule has 0 radical (unpaired) electrons. The maximum Gasteiger partial charge on any atom is 0.306 e. The van der Waals surface area contributed by atoms with E-state index in [1.165, 1.54) is 88.8 Å². The first-order chi connectivity index (χ1) is 20.3. The van der Waals surface area contributed by atoms with E-state index in [9.17, 15) is 14.4 Å². The number of amides is 1. The molecule has 0 saturated heterocycles. The fourth-order valence-corrected chi connectivity index (χ4v) is 5.55. The Morgan fingerprint density at radius 3 is 1.64 bits per heavy atom. The summed E-state index contributed by atoms with van der Waals surface area (Å²) in [7, 11) is 0. The maximum absolute atomic E-state index is 12.5. The van der Waals surface area contributed by atoms with Crippen LogP contribution in [0.5, 0.6) is 0 Å². The highest BCUT2D eigenvalue weighted by molar-refractivity contribution is 7.99. The Hall–Kier alpha value is -1.32. The lowest BCUT2D eigenvalue weighted by Crippen LogP contribution is -2.47. The largest absolute Gasteiger partial charge is 0.462 e. The minimum absolute atomic E-state index is 0.00967. The third-order valence-electron chi connectivity index (χ3n) is 7.30. The normalized spacial score (nSPS) is 13.4. The van der Waals surface area contributed by atoms with Crippen LogP contribution in [0.25, 0.3) is 0 Å². The third kappa shape index (κ3) is 26.3. The number of hydrogen-bond donors (Lipinski definition) is 3. The second kappa shape index (κ2) is 29.7. The van der Waals surface area contributed by atoms with Gasteiger partial charge in [-0.05, 0) is 19.8 Å². The van der Waals surface area contributed by atoms with Gasteiger partial charge in [0, 0.05) is 30.4 Å². The minimum atomic E-state index is -0.753. The van der Waals surface area contributed by atoms with Crippen molar-refractivity contribution in [3.63, 3.8) is 0 Å². The number of carbonyl (C=O) groups is 3. The molecule has 0 saturated carbocycles. The molecule has 248 valence electrons. The number of aliphatic hydroxyl groups excluding tert-OH is 1. The number of unbranched alkanes of at least 4 members (excludes halogenated alkanes) is 16. The number of esters is 2. The van der Waals surface area contributed by atoms with Gasteiger partial charge in [-0.3, -0.25) is 14.4 Å². The predicted octanol–water partition coefficient (Wildman–Crippen LogP) is 6.84. The van der Waals surface area contributed by atoms with Gasteiger partial charge < -0.3 is 25.6 Å². The standard InChI is InChI=1S/C33H64N2O6S/c1-4-6-8-10-12-14-16-18-20-22-31(37)40-25-29(26-42-27-30(34)33(39)35-28(3)24-36)41-32(38)23-21-19-17-15-13-11-9-7-5-2/h28-30,36H,4-27,34H2,1-3H3,(H,35,39)/t28-,29+,30+/m0/s1. The molecule has 0 fully saturated rings. The van der Waals surface area contributed by atoms with Crippen molar-refractivity contribution in [2.75, 3.05) is 24.7 Å². The molecule has 42 heavy (non-hydrogen) atoms. The average Bonchev–Trinajstić information content (AvgIpc) is 2.97. The molecular formula is C33H64N2O6S. The maximum atomic E-state index is 12.5. The highest BCUT2D eigenvalue weighted by atomic mass is 32.2. The lowest BCUT2D eigenvalue weighted by atomic mass is 10.1. The number of hydrogen-bond acceptors (Lipinski definition) is 8. The van der Waals surface area contributed by atoms with Crippen molar-refractivity contribution in [1.29, 1.82) is 0 Å². The highest BCUT2D eigenvalue weighted by Gasteiger charge is 2.20. The summed E-state index contributed by atoms with van der Waals surface area (Å²) in [5.74, 6) is -0.182. The zero-order valence-corrected chi connectivity index (χ0v) is 28.0. The Morgan fingerprint density at radius 2 is 1.17 bits per heavy atom. The number of nitrogens with two attached hydrogens (primary N) is 1. The van der Waals surface area contributed by atoms with Gasteiger partial charge in [0.1, 0.15) is 12.7 Å². The molecule has 0 aromatic heterocycles. The van der Waals surface area contributed by atoms with Crippen LogP contribution in [0.3, 0.4) is 0 Å². The first-order valence-corrected chi connectivity index (χ1v) is 18.1. The molecule has 0 aliphatic rings. The summed E-state index contributed by atoms with van der Waals surface area (Å²) in [6, 6.07) is -1.12. The Kier molecular flexibility index (Phi) is 28.8. The molecule has 0 aliphatic heterocycles. The van der Waals surface area contributed by atoms with Crippen LogP contribution in [0, 0.1) is 0 Å². The van der Waals surface area contributed by atoms with Gasteiger partial charge in [0.25, 0.3) is 0 Å². The lowest BCUT2D eigenvalue weighted by molar-refractivity contribution is -0.157. The van der Waals surface area contributed by atoms with Crippen LogP contribution in [-0.2, 0) is 23.9 Å². The number of nitrogens with one attached hydrogen (secondary N) is 1. The number of rotatable bonds is 30. The predicted molar refractivity (Wildman–Crippen MR) is 175 cm³/mol. The molecule has 0 bridgehead atoms. The van der Waals surface area contributed by atoms with Crippen LogP contribution in [0.4, 0.5) is 0 Å². The smallest absolute Gasteiger partial charge is 0.306 e. The molecule has 0 unspecified atom stereocenters. The lowest BCUT2D eigenvalue weighted by Gasteiger charge is -2.19. The van der Waals surface area contributed by atoms with Gasteiger partial charge in [0.15, 0.2) is 0 Å². The van der Waals surface area contributed by atoms with E-state index in [2.05, 4.69) is 19.2 Å². The Bertz CT molecular complexity index is 666. The SMILES string of the molecule is CCCCCCCCCCCC(=O)OC[C@H](CSC[C@@H](N)C(=O)N[C@@H](C)CO)OC(=O)CCCCCCCCCCC. The molecule has 0 aliphatic carbocycles.